The number of hydrogen-bond acceptors (Lipinski definition) is 4. The Morgan fingerprint density at radius 3 is 2.58 bits per heavy atom. The van der Waals surface area contributed by atoms with Crippen LogP contribution in [0.1, 0.15) is 35.8 Å². The molecule has 3 rings (SSSR count). The van der Waals surface area contributed by atoms with Crippen LogP contribution in [-0.2, 0) is 6.42 Å². The van der Waals surface area contributed by atoms with E-state index in [1.165, 1.54) is 25.0 Å². The first-order valence-corrected chi connectivity index (χ1v) is 6.33. The Bertz CT molecular complexity index is 578. The Balaban J connectivity index is 1.86. The van der Waals surface area contributed by atoms with Crippen LogP contribution < -0.4 is 11.3 Å². The second-order valence-electron chi connectivity index (χ2n) is 4.82. The van der Waals surface area contributed by atoms with Crippen LogP contribution in [0, 0.1) is 5.82 Å². The molecular formula is C14H15FN4. The number of aromatic nitrogens is 2. The summed E-state index contributed by atoms with van der Waals surface area (Å²) >= 11 is 0. The fourth-order valence-corrected chi connectivity index (χ4v) is 2.04. The van der Waals surface area contributed by atoms with Crippen LogP contribution in [0.3, 0.4) is 0 Å². The molecule has 0 radical (unpaired) electrons. The van der Waals surface area contributed by atoms with E-state index in [9.17, 15) is 4.39 Å². The largest absolute Gasteiger partial charge is 0.308 e. The van der Waals surface area contributed by atoms with E-state index in [0.717, 1.165) is 11.3 Å². The van der Waals surface area contributed by atoms with E-state index in [2.05, 4.69) is 15.4 Å². The van der Waals surface area contributed by atoms with Gasteiger partial charge in [-0.05, 0) is 30.5 Å². The molecule has 0 saturated heterocycles. The second-order valence-corrected chi connectivity index (χ2v) is 4.82. The van der Waals surface area contributed by atoms with Crippen LogP contribution in [-0.4, -0.2) is 9.97 Å². The van der Waals surface area contributed by atoms with Crippen molar-refractivity contribution < 1.29 is 4.39 Å². The van der Waals surface area contributed by atoms with E-state index in [4.69, 9.17) is 5.84 Å². The maximum atomic E-state index is 12.9. The lowest BCUT2D eigenvalue weighted by Gasteiger charge is -2.07. The topological polar surface area (TPSA) is 63.8 Å². The predicted molar refractivity (Wildman–Crippen MR) is 71.0 cm³/mol. The zero-order chi connectivity index (χ0) is 13.2. The molecule has 1 heterocycles. The normalized spacial score (nSPS) is 14.4. The van der Waals surface area contributed by atoms with Gasteiger partial charge in [-0.25, -0.2) is 20.2 Å². The lowest BCUT2D eigenvalue weighted by Crippen LogP contribution is -2.11. The number of anilines is 1. The van der Waals surface area contributed by atoms with E-state index >= 15 is 0 Å². The van der Waals surface area contributed by atoms with Gasteiger partial charge < -0.3 is 5.43 Å². The third-order valence-electron chi connectivity index (χ3n) is 3.21. The second kappa shape index (κ2) is 4.93. The number of hydrogen-bond donors (Lipinski definition) is 2. The standard InChI is InChI=1S/C14H15FN4/c15-11-5-1-9(2-6-11)7-13-17-12(10-3-4-10)8-14(18-13)19-16/h1-2,5-6,8,10H,3-4,7,16H2,(H,17,18,19). The molecule has 0 bridgehead atoms. The van der Waals surface area contributed by atoms with Crippen LogP contribution >= 0.6 is 0 Å². The molecule has 1 aromatic heterocycles. The molecule has 1 aliphatic carbocycles. The summed E-state index contributed by atoms with van der Waals surface area (Å²) in [6.07, 6.45) is 2.93. The highest BCUT2D eigenvalue weighted by molar-refractivity contribution is 5.37. The summed E-state index contributed by atoms with van der Waals surface area (Å²) in [6.45, 7) is 0. The van der Waals surface area contributed by atoms with Crippen LogP contribution in [0.5, 0.6) is 0 Å². The molecule has 0 amide bonds. The van der Waals surface area contributed by atoms with Crippen molar-refractivity contribution in [1.29, 1.82) is 0 Å². The van der Waals surface area contributed by atoms with Crippen molar-refractivity contribution in [2.75, 3.05) is 5.43 Å². The molecule has 4 nitrogen and oxygen atoms in total. The van der Waals surface area contributed by atoms with Crippen LogP contribution in [0.25, 0.3) is 0 Å². The molecule has 3 N–H and O–H groups in total. The first kappa shape index (κ1) is 12.0. The van der Waals surface area contributed by atoms with Gasteiger partial charge >= 0.3 is 0 Å². The minimum Gasteiger partial charge on any atom is -0.308 e. The number of benzene rings is 1. The van der Waals surface area contributed by atoms with Crippen molar-refractivity contribution in [1.82, 2.24) is 9.97 Å². The third kappa shape index (κ3) is 2.88. The molecule has 1 fully saturated rings. The highest BCUT2D eigenvalue weighted by atomic mass is 19.1. The summed E-state index contributed by atoms with van der Waals surface area (Å²) in [5.74, 6) is 7.09. The van der Waals surface area contributed by atoms with Gasteiger partial charge in [0.1, 0.15) is 17.5 Å². The molecule has 0 unspecified atom stereocenters. The molecule has 1 aliphatic rings. The zero-order valence-corrected chi connectivity index (χ0v) is 10.4. The number of halogens is 1. The molecule has 5 heteroatoms. The van der Waals surface area contributed by atoms with Crippen LogP contribution in [0.4, 0.5) is 10.2 Å². The van der Waals surface area contributed by atoms with E-state index < -0.39 is 0 Å². The van der Waals surface area contributed by atoms with Gasteiger partial charge in [0.25, 0.3) is 0 Å². The van der Waals surface area contributed by atoms with Crippen LogP contribution in [0.2, 0.25) is 0 Å². The van der Waals surface area contributed by atoms with Crippen molar-refractivity contribution >= 4 is 5.82 Å². The maximum absolute atomic E-state index is 12.9. The number of hydrazine groups is 1. The fraction of sp³-hybridized carbons (Fsp3) is 0.286. The third-order valence-corrected chi connectivity index (χ3v) is 3.21. The molecule has 0 aliphatic heterocycles. The fourth-order valence-electron chi connectivity index (χ4n) is 2.04. The monoisotopic (exact) mass is 258 g/mol. The lowest BCUT2D eigenvalue weighted by atomic mass is 10.1. The minimum atomic E-state index is -0.235. The van der Waals surface area contributed by atoms with Gasteiger partial charge in [-0.2, -0.15) is 0 Å². The molecule has 1 aromatic carbocycles. The Kier molecular flexibility index (Phi) is 3.13. The molecular weight excluding hydrogens is 243 g/mol. The SMILES string of the molecule is NNc1cc(C2CC2)nc(Cc2ccc(F)cc2)n1. The number of nitrogens with zero attached hydrogens (tertiary/aromatic N) is 2. The quantitative estimate of drug-likeness (QED) is 0.652. The Labute approximate surface area is 110 Å². The first-order chi connectivity index (χ1) is 9.24. The van der Waals surface area contributed by atoms with E-state index in [0.29, 0.717) is 24.0 Å². The zero-order valence-electron chi connectivity index (χ0n) is 10.4. The summed E-state index contributed by atoms with van der Waals surface area (Å²) in [6, 6.07) is 8.28. The summed E-state index contributed by atoms with van der Waals surface area (Å²) in [5.41, 5.74) is 4.60. The number of nitrogens with two attached hydrogens (primary N) is 1. The summed E-state index contributed by atoms with van der Waals surface area (Å²) in [7, 11) is 0. The average molecular weight is 258 g/mol. The van der Waals surface area contributed by atoms with Gasteiger partial charge in [-0.1, -0.05) is 12.1 Å². The van der Waals surface area contributed by atoms with E-state index in [1.807, 2.05) is 6.07 Å². The summed E-state index contributed by atoms with van der Waals surface area (Å²) < 4.78 is 12.9. The first-order valence-electron chi connectivity index (χ1n) is 6.33. The molecule has 2 aromatic rings. The number of rotatable bonds is 4. The van der Waals surface area contributed by atoms with Gasteiger partial charge in [0, 0.05) is 24.1 Å². The average Bonchev–Trinajstić information content (AvgIpc) is 3.25. The molecule has 0 atom stereocenters. The molecule has 98 valence electrons. The Morgan fingerprint density at radius 1 is 1.21 bits per heavy atom. The predicted octanol–water partition coefficient (Wildman–Crippen LogP) is 2.37. The van der Waals surface area contributed by atoms with Crippen molar-refractivity contribution in [3.63, 3.8) is 0 Å². The number of nitrogens with one attached hydrogen (secondary N) is 1. The molecule has 0 spiro atoms. The smallest absolute Gasteiger partial charge is 0.143 e. The van der Waals surface area contributed by atoms with Crippen molar-refractivity contribution in [2.24, 2.45) is 5.84 Å². The van der Waals surface area contributed by atoms with E-state index in [-0.39, 0.29) is 5.82 Å². The summed E-state index contributed by atoms with van der Waals surface area (Å²) in [5, 5.41) is 0. The minimum absolute atomic E-state index is 0.235. The van der Waals surface area contributed by atoms with Gasteiger partial charge in [0.2, 0.25) is 0 Å². The highest BCUT2D eigenvalue weighted by Crippen LogP contribution is 2.39. The maximum Gasteiger partial charge on any atom is 0.143 e. The Morgan fingerprint density at radius 2 is 1.95 bits per heavy atom. The van der Waals surface area contributed by atoms with Gasteiger partial charge in [0.15, 0.2) is 0 Å². The summed E-state index contributed by atoms with van der Waals surface area (Å²) in [4.78, 5) is 8.90. The van der Waals surface area contributed by atoms with Crippen molar-refractivity contribution in [3.8, 4) is 0 Å². The van der Waals surface area contributed by atoms with Crippen molar-refractivity contribution in [3.05, 3.63) is 53.2 Å². The van der Waals surface area contributed by atoms with Gasteiger partial charge in [-0.15, -0.1) is 0 Å². The highest BCUT2D eigenvalue weighted by Gasteiger charge is 2.26. The van der Waals surface area contributed by atoms with Crippen LogP contribution in [0.15, 0.2) is 30.3 Å². The lowest BCUT2D eigenvalue weighted by molar-refractivity contribution is 0.627. The van der Waals surface area contributed by atoms with Gasteiger partial charge in [-0.3, -0.25) is 0 Å². The van der Waals surface area contributed by atoms with Crippen molar-refractivity contribution in [2.45, 2.75) is 25.2 Å². The Hall–Kier alpha value is -2.01. The van der Waals surface area contributed by atoms with E-state index in [1.54, 1.807) is 12.1 Å². The molecule has 1 saturated carbocycles. The van der Waals surface area contributed by atoms with Gasteiger partial charge in [0.05, 0.1) is 0 Å². The number of nitrogen functional groups attached to an aromatic ring is 1. The molecule has 19 heavy (non-hydrogen) atoms.